The largest absolute Gasteiger partial charge is 0.493 e. The zero-order valence-electron chi connectivity index (χ0n) is 16.4. The Morgan fingerprint density at radius 1 is 1.29 bits per heavy atom. The van der Waals surface area contributed by atoms with Gasteiger partial charge in [0, 0.05) is 18.0 Å². The number of carbonyl (C=O) groups excluding carboxylic acids is 1. The van der Waals surface area contributed by atoms with E-state index in [9.17, 15) is 10.1 Å². The molecule has 1 aliphatic carbocycles. The first kappa shape index (κ1) is 20.2. The highest BCUT2D eigenvalue weighted by molar-refractivity contribution is 7.09. The van der Waals surface area contributed by atoms with Crippen LogP contribution in [-0.2, 0) is 17.9 Å². The number of hydrogen-bond acceptors (Lipinski definition) is 5. The van der Waals surface area contributed by atoms with Crippen LogP contribution in [0.15, 0.2) is 35.7 Å². The minimum absolute atomic E-state index is 0.0491. The van der Waals surface area contributed by atoms with E-state index in [4.69, 9.17) is 9.47 Å². The first-order valence-electron chi connectivity index (χ1n) is 9.64. The van der Waals surface area contributed by atoms with Crippen molar-refractivity contribution in [3.8, 4) is 17.6 Å². The van der Waals surface area contributed by atoms with Crippen molar-refractivity contribution in [3.05, 3.63) is 46.2 Å². The van der Waals surface area contributed by atoms with Gasteiger partial charge in [-0.1, -0.05) is 25.0 Å². The van der Waals surface area contributed by atoms with Gasteiger partial charge in [-0.25, -0.2) is 0 Å². The molecule has 2 aromatic rings. The van der Waals surface area contributed by atoms with Gasteiger partial charge in [0.1, 0.15) is 12.0 Å². The Hall–Kier alpha value is -2.52. The molecule has 1 saturated carbocycles. The lowest BCUT2D eigenvalue weighted by Crippen LogP contribution is -2.41. The third-order valence-corrected chi connectivity index (χ3v) is 6.15. The van der Waals surface area contributed by atoms with Gasteiger partial charge in [-0.15, -0.1) is 11.3 Å². The first-order chi connectivity index (χ1) is 13.6. The van der Waals surface area contributed by atoms with Crippen LogP contribution in [0, 0.1) is 16.7 Å². The Kier molecular flexibility index (Phi) is 6.58. The lowest BCUT2D eigenvalue weighted by molar-refractivity contribution is -0.139. The molecule has 0 aliphatic heterocycles. The maximum atomic E-state index is 13.0. The molecule has 1 heterocycles. The topological polar surface area (TPSA) is 62.6 Å². The van der Waals surface area contributed by atoms with E-state index in [1.807, 2.05) is 42.6 Å². The molecule has 3 rings (SSSR count). The molecule has 1 aromatic heterocycles. The zero-order chi connectivity index (χ0) is 20.0. The van der Waals surface area contributed by atoms with Crippen molar-refractivity contribution in [2.75, 3.05) is 13.7 Å². The molecule has 148 valence electrons. The standard InChI is InChI=1S/C22H26N2O3S/c1-3-24(21(25)22(16-23)10-4-5-11-22)14-17-8-9-19(20(13-17)26-2)27-15-18-7-6-12-28-18/h6-9,12-13H,3-5,10-11,14-15H2,1-2H3. The van der Waals surface area contributed by atoms with E-state index < -0.39 is 5.41 Å². The second-order valence-electron chi connectivity index (χ2n) is 7.07. The van der Waals surface area contributed by atoms with Crippen LogP contribution in [0.25, 0.3) is 0 Å². The molecular formula is C22H26N2O3S. The van der Waals surface area contributed by atoms with E-state index >= 15 is 0 Å². The van der Waals surface area contributed by atoms with Gasteiger partial charge in [-0.3, -0.25) is 4.79 Å². The van der Waals surface area contributed by atoms with Gasteiger partial charge in [-0.05, 0) is 48.9 Å². The number of nitriles is 1. The minimum atomic E-state index is -0.843. The maximum Gasteiger partial charge on any atom is 0.243 e. The van der Waals surface area contributed by atoms with Gasteiger partial charge < -0.3 is 14.4 Å². The van der Waals surface area contributed by atoms with Crippen molar-refractivity contribution in [3.63, 3.8) is 0 Å². The van der Waals surface area contributed by atoms with Gasteiger partial charge in [0.05, 0.1) is 13.2 Å². The fraction of sp³-hybridized carbons (Fsp3) is 0.455. The number of carbonyl (C=O) groups is 1. The second kappa shape index (κ2) is 9.11. The molecule has 0 spiro atoms. The molecule has 0 N–H and O–H groups in total. The fourth-order valence-electron chi connectivity index (χ4n) is 3.68. The Morgan fingerprint density at radius 3 is 2.68 bits per heavy atom. The number of methoxy groups -OCH3 is 1. The summed E-state index contributed by atoms with van der Waals surface area (Å²) in [5.41, 5.74) is 0.116. The SMILES string of the molecule is CCN(Cc1ccc(OCc2cccs2)c(OC)c1)C(=O)C1(C#N)CCCC1. The molecule has 0 radical (unpaired) electrons. The predicted octanol–water partition coefficient (Wildman–Crippen LogP) is 4.77. The van der Waals surface area contributed by atoms with Crippen LogP contribution in [0.3, 0.4) is 0 Å². The number of amides is 1. The lowest BCUT2D eigenvalue weighted by atomic mass is 9.86. The number of thiophene rings is 1. The lowest BCUT2D eigenvalue weighted by Gasteiger charge is -2.29. The maximum absolute atomic E-state index is 13.0. The van der Waals surface area contributed by atoms with Crippen LogP contribution >= 0.6 is 11.3 Å². The Morgan fingerprint density at radius 2 is 2.07 bits per heavy atom. The van der Waals surface area contributed by atoms with Crippen molar-refractivity contribution in [2.45, 2.75) is 45.8 Å². The first-order valence-corrected chi connectivity index (χ1v) is 10.5. The second-order valence-corrected chi connectivity index (χ2v) is 8.11. The van der Waals surface area contributed by atoms with E-state index in [2.05, 4.69) is 6.07 Å². The van der Waals surface area contributed by atoms with Gasteiger partial charge in [-0.2, -0.15) is 5.26 Å². The molecule has 5 nitrogen and oxygen atoms in total. The monoisotopic (exact) mass is 398 g/mol. The summed E-state index contributed by atoms with van der Waals surface area (Å²) < 4.78 is 11.4. The van der Waals surface area contributed by atoms with Crippen LogP contribution in [0.5, 0.6) is 11.5 Å². The molecule has 0 saturated heterocycles. The zero-order valence-corrected chi connectivity index (χ0v) is 17.3. The van der Waals surface area contributed by atoms with E-state index in [0.29, 0.717) is 44.0 Å². The van der Waals surface area contributed by atoms with Gasteiger partial charge in [0.2, 0.25) is 5.91 Å². The molecular weight excluding hydrogens is 372 g/mol. The summed E-state index contributed by atoms with van der Waals surface area (Å²) in [5, 5.41) is 11.6. The van der Waals surface area contributed by atoms with Gasteiger partial charge >= 0.3 is 0 Å². The molecule has 28 heavy (non-hydrogen) atoms. The van der Waals surface area contributed by atoms with Crippen LogP contribution in [-0.4, -0.2) is 24.5 Å². The third-order valence-electron chi connectivity index (χ3n) is 5.30. The van der Waals surface area contributed by atoms with Crippen LogP contribution in [0.2, 0.25) is 0 Å². The molecule has 1 fully saturated rings. The van der Waals surface area contributed by atoms with Gasteiger partial charge in [0.15, 0.2) is 11.5 Å². The van der Waals surface area contributed by atoms with Crippen LogP contribution in [0.4, 0.5) is 0 Å². The van der Waals surface area contributed by atoms with E-state index in [1.165, 1.54) is 0 Å². The normalized spacial score (nSPS) is 15.0. The highest BCUT2D eigenvalue weighted by Gasteiger charge is 2.43. The Bertz CT molecular complexity index is 836. The van der Waals surface area contributed by atoms with E-state index in [-0.39, 0.29) is 5.91 Å². The van der Waals surface area contributed by atoms with Crippen LogP contribution < -0.4 is 9.47 Å². The predicted molar refractivity (Wildman–Crippen MR) is 109 cm³/mol. The summed E-state index contributed by atoms with van der Waals surface area (Å²) in [6.45, 7) is 3.48. The molecule has 6 heteroatoms. The number of nitrogens with zero attached hydrogens (tertiary/aromatic N) is 2. The summed E-state index contributed by atoms with van der Waals surface area (Å²) in [6.07, 6.45) is 3.22. The highest BCUT2D eigenvalue weighted by Crippen LogP contribution is 2.39. The third kappa shape index (κ3) is 4.31. The van der Waals surface area contributed by atoms with Crippen molar-refractivity contribution in [2.24, 2.45) is 5.41 Å². The average Bonchev–Trinajstić information content (AvgIpc) is 3.42. The van der Waals surface area contributed by atoms with E-state index in [0.717, 1.165) is 23.3 Å². The minimum Gasteiger partial charge on any atom is -0.493 e. The number of ether oxygens (including phenoxy) is 2. The van der Waals surface area contributed by atoms with Gasteiger partial charge in [0.25, 0.3) is 0 Å². The molecule has 1 amide bonds. The fourth-order valence-corrected chi connectivity index (χ4v) is 4.29. The highest BCUT2D eigenvalue weighted by atomic mass is 32.1. The number of hydrogen-bond donors (Lipinski definition) is 0. The molecule has 1 aromatic carbocycles. The average molecular weight is 399 g/mol. The Labute approximate surface area is 170 Å². The summed E-state index contributed by atoms with van der Waals surface area (Å²) in [5.74, 6) is 1.28. The molecule has 0 unspecified atom stereocenters. The number of rotatable bonds is 8. The van der Waals surface area contributed by atoms with Crippen molar-refractivity contribution in [1.82, 2.24) is 4.90 Å². The van der Waals surface area contributed by atoms with Crippen molar-refractivity contribution in [1.29, 1.82) is 5.26 Å². The quantitative estimate of drug-likeness (QED) is 0.643. The smallest absolute Gasteiger partial charge is 0.243 e. The summed E-state index contributed by atoms with van der Waals surface area (Å²) in [7, 11) is 1.61. The molecule has 1 aliphatic rings. The summed E-state index contributed by atoms with van der Waals surface area (Å²) >= 11 is 1.65. The van der Waals surface area contributed by atoms with Crippen LogP contribution in [0.1, 0.15) is 43.0 Å². The van der Waals surface area contributed by atoms with Crippen molar-refractivity contribution >= 4 is 17.2 Å². The summed E-state index contributed by atoms with van der Waals surface area (Å²) in [6, 6.07) is 12.1. The molecule has 0 bridgehead atoms. The summed E-state index contributed by atoms with van der Waals surface area (Å²) in [4.78, 5) is 16.0. The van der Waals surface area contributed by atoms with E-state index in [1.54, 1.807) is 23.3 Å². The Balaban J connectivity index is 1.71. The number of benzene rings is 1. The van der Waals surface area contributed by atoms with Crippen molar-refractivity contribution < 1.29 is 14.3 Å². The molecule has 0 atom stereocenters.